The largest absolute Gasteiger partial charge is 0.488 e. The Labute approximate surface area is 135 Å². The first-order chi connectivity index (χ1) is 11.2. The van der Waals surface area contributed by atoms with E-state index in [0.717, 1.165) is 25.8 Å². The Bertz CT molecular complexity index is 495. The van der Waals surface area contributed by atoms with E-state index in [1.54, 1.807) is 18.2 Å². The molecule has 2 aliphatic heterocycles. The van der Waals surface area contributed by atoms with E-state index in [4.69, 9.17) is 14.2 Å². The lowest BCUT2D eigenvalue weighted by Gasteiger charge is -2.38. The molecular formula is C17H24FNO4. The molecule has 0 bridgehead atoms. The Hall–Kier alpha value is -1.21. The van der Waals surface area contributed by atoms with Crippen LogP contribution in [-0.4, -0.2) is 61.4 Å². The molecule has 23 heavy (non-hydrogen) atoms. The molecule has 0 spiro atoms. The molecule has 6 heteroatoms. The minimum absolute atomic E-state index is 0.0660. The second-order valence-electron chi connectivity index (χ2n) is 6.06. The minimum atomic E-state index is -0.684. The molecule has 2 atom stereocenters. The number of nitrogens with zero attached hydrogens (tertiary/aromatic N) is 1. The predicted molar refractivity (Wildman–Crippen MR) is 82.8 cm³/mol. The monoisotopic (exact) mass is 325 g/mol. The molecule has 128 valence electrons. The maximum Gasteiger partial charge on any atom is 0.173 e. The lowest BCUT2D eigenvalue weighted by atomic mass is 10.0. The highest BCUT2D eigenvalue weighted by molar-refractivity contribution is 5.23. The van der Waals surface area contributed by atoms with Gasteiger partial charge in [-0.05, 0) is 31.5 Å². The van der Waals surface area contributed by atoms with Gasteiger partial charge < -0.3 is 19.3 Å². The van der Waals surface area contributed by atoms with Crippen molar-refractivity contribution in [3.05, 3.63) is 30.1 Å². The van der Waals surface area contributed by atoms with Crippen molar-refractivity contribution in [1.29, 1.82) is 0 Å². The van der Waals surface area contributed by atoms with Crippen molar-refractivity contribution >= 4 is 0 Å². The number of hydrogen-bond acceptors (Lipinski definition) is 5. The molecule has 0 aromatic heterocycles. The molecular weight excluding hydrogens is 301 g/mol. The van der Waals surface area contributed by atoms with Crippen molar-refractivity contribution in [3.63, 3.8) is 0 Å². The zero-order chi connectivity index (χ0) is 16.1. The molecule has 1 aromatic rings. The van der Waals surface area contributed by atoms with Crippen LogP contribution in [0.2, 0.25) is 0 Å². The molecule has 0 aliphatic carbocycles. The normalized spacial score (nSPS) is 24.7. The van der Waals surface area contributed by atoms with Crippen LogP contribution in [0.15, 0.2) is 24.3 Å². The molecule has 2 aliphatic rings. The summed E-state index contributed by atoms with van der Waals surface area (Å²) in [6.07, 6.45) is 2.37. The van der Waals surface area contributed by atoms with Crippen LogP contribution in [0.4, 0.5) is 4.39 Å². The summed E-state index contributed by atoms with van der Waals surface area (Å²) in [5.74, 6) is -0.243. The van der Waals surface area contributed by atoms with Gasteiger partial charge in [-0.2, -0.15) is 0 Å². The third-order valence-electron chi connectivity index (χ3n) is 4.34. The van der Waals surface area contributed by atoms with Gasteiger partial charge in [0.1, 0.15) is 12.7 Å². The molecule has 1 N–H and O–H groups in total. The van der Waals surface area contributed by atoms with Crippen molar-refractivity contribution < 1.29 is 23.7 Å². The van der Waals surface area contributed by atoms with E-state index in [1.807, 2.05) is 0 Å². The number of para-hydroxylation sites is 1. The summed E-state index contributed by atoms with van der Waals surface area (Å²) in [5, 5.41) is 10.2. The molecule has 0 saturated carbocycles. The third kappa shape index (κ3) is 4.41. The fraction of sp³-hybridized carbons (Fsp3) is 0.647. The van der Waals surface area contributed by atoms with Crippen LogP contribution < -0.4 is 4.74 Å². The van der Waals surface area contributed by atoms with Gasteiger partial charge in [0.2, 0.25) is 0 Å². The second-order valence-corrected chi connectivity index (χ2v) is 6.06. The topological polar surface area (TPSA) is 51.2 Å². The van der Waals surface area contributed by atoms with Gasteiger partial charge in [0.05, 0.1) is 19.3 Å². The number of piperidine rings is 1. The highest BCUT2D eigenvalue weighted by Gasteiger charge is 2.34. The molecule has 0 radical (unpaired) electrons. The number of ether oxygens (including phenoxy) is 3. The first-order valence-electron chi connectivity index (χ1n) is 8.26. The van der Waals surface area contributed by atoms with E-state index in [2.05, 4.69) is 4.90 Å². The fourth-order valence-corrected chi connectivity index (χ4v) is 3.22. The summed E-state index contributed by atoms with van der Waals surface area (Å²) in [4.78, 5) is 2.20. The van der Waals surface area contributed by atoms with Crippen molar-refractivity contribution in [3.8, 4) is 5.75 Å². The number of benzene rings is 1. The van der Waals surface area contributed by atoms with E-state index in [9.17, 15) is 9.50 Å². The molecule has 3 rings (SSSR count). The second kappa shape index (κ2) is 8.06. The van der Waals surface area contributed by atoms with Gasteiger partial charge in [-0.3, -0.25) is 4.90 Å². The number of likely N-dealkylation sites (tertiary alicyclic amines) is 1. The van der Waals surface area contributed by atoms with Gasteiger partial charge in [0, 0.05) is 6.54 Å². The predicted octanol–water partition coefficient (Wildman–Crippen LogP) is 1.79. The molecule has 0 amide bonds. The summed E-state index contributed by atoms with van der Waals surface area (Å²) in [6.45, 7) is 2.71. The Morgan fingerprint density at radius 1 is 1.26 bits per heavy atom. The number of aliphatic hydroxyl groups is 1. The van der Waals surface area contributed by atoms with Crippen LogP contribution >= 0.6 is 0 Å². The quantitative estimate of drug-likeness (QED) is 0.864. The van der Waals surface area contributed by atoms with Crippen LogP contribution in [0.3, 0.4) is 0 Å². The molecule has 2 unspecified atom stereocenters. The van der Waals surface area contributed by atoms with Crippen molar-refractivity contribution in [2.75, 3.05) is 32.9 Å². The summed E-state index contributed by atoms with van der Waals surface area (Å²) in [5.41, 5.74) is 0. The SMILES string of the molecule is OC(COc1ccccc1F)CN1CCCCC1C1OCCO1. The average Bonchev–Trinajstić information content (AvgIpc) is 3.09. The van der Waals surface area contributed by atoms with E-state index in [1.165, 1.54) is 6.07 Å². The zero-order valence-corrected chi connectivity index (χ0v) is 13.2. The average molecular weight is 325 g/mol. The lowest BCUT2D eigenvalue weighted by molar-refractivity contribution is -0.115. The highest BCUT2D eigenvalue weighted by Crippen LogP contribution is 2.24. The minimum Gasteiger partial charge on any atom is -0.488 e. The third-order valence-corrected chi connectivity index (χ3v) is 4.34. The fourth-order valence-electron chi connectivity index (χ4n) is 3.22. The molecule has 2 saturated heterocycles. The van der Waals surface area contributed by atoms with Gasteiger partial charge in [-0.15, -0.1) is 0 Å². The van der Waals surface area contributed by atoms with Crippen LogP contribution in [0.25, 0.3) is 0 Å². The molecule has 2 fully saturated rings. The van der Waals surface area contributed by atoms with Gasteiger partial charge in [0.25, 0.3) is 0 Å². The van der Waals surface area contributed by atoms with Crippen LogP contribution in [0.5, 0.6) is 5.75 Å². The summed E-state index contributed by atoms with van der Waals surface area (Å²) in [7, 11) is 0. The highest BCUT2D eigenvalue weighted by atomic mass is 19.1. The van der Waals surface area contributed by atoms with Gasteiger partial charge in [-0.25, -0.2) is 4.39 Å². The summed E-state index contributed by atoms with van der Waals surface area (Å²) in [6, 6.07) is 6.40. The van der Waals surface area contributed by atoms with Crippen LogP contribution in [0.1, 0.15) is 19.3 Å². The van der Waals surface area contributed by atoms with Gasteiger partial charge in [0.15, 0.2) is 17.9 Å². The van der Waals surface area contributed by atoms with E-state index >= 15 is 0 Å². The first-order valence-corrected chi connectivity index (χ1v) is 8.26. The maximum absolute atomic E-state index is 13.5. The van der Waals surface area contributed by atoms with E-state index in [-0.39, 0.29) is 24.7 Å². The Morgan fingerprint density at radius 2 is 2.04 bits per heavy atom. The van der Waals surface area contributed by atoms with Crippen molar-refractivity contribution in [1.82, 2.24) is 4.90 Å². The van der Waals surface area contributed by atoms with Crippen LogP contribution in [0, 0.1) is 5.82 Å². The van der Waals surface area contributed by atoms with Gasteiger partial charge in [-0.1, -0.05) is 18.6 Å². The number of rotatable bonds is 6. The number of hydrogen-bond donors (Lipinski definition) is 1. The molecule has 2 heterocycles. The molecule has 5 nitrogen and oxygen atoms in total. The summed E-state index contributed by atoms with van der Waals surface area (Å²) >= 11 is 0. The lowest BCUT2D eigenvalue weighted by Crippen LogP contribution is -2.50. The van der Waals surface area contributed by atoms with Crippen LogP contribution in [-0.2, 0) is 9.47 Å². The first kappa shape index (κ1) is 16.6. The Balaban J connectivity index is 1.51. The smallest absolute Gasteiger partial charge is 0.173 e. The number of β-amino-alcohol motifs (C(OH)–C–C–N with tert-alkyl or cyclic N) is 1. The number of halogens is 1. The zero-order valence-electron chi connectivity index (χ0n) is 13.2. The van der Waals surface area contributed by atoms with Crippen molar-refractivity contribution in [2.24, 2.45) is 0 Å². The van der Waals surface area contributed by atoms with Crippen molar-refractivity contribution in [2.45, 2.75) is 37.7 Å². The Kier molecular flexibility index (Phi) is 5.83. The Morgan fingerprint density at radius 3 is 2.83 bits per heavy atom. The van der Waals surface area contributed by atoms with E-state index in [0.29, 0.717) is 19.8 Å². The standard InChI is InChI=1S/C17H24FNO4/c18-14-5-1-2-7-16(14)23-12-13(20)11-19-8-4-3-6-15(19)17-21-9-10-22-17/h1-2,5,7,13,15,17,20H,3-4,6,8-12H2. The number of aliphatic hydroxyl groups excluding tert-OH is 1. The molecule has 1 aromatic carbocycles. The summed E-state index contributed by atoms with van der Waals surface area (Å²) < 4.78 is 30.1. The van der Waals surface area contributed by atoms with E-state index < -0.39 is 11.9 Å². The maximum atomic E-state index is 13.5. The van der Waals surface area contributed by atoms with Gasteiger partial charge >= 0.3 is 0 Å².